The molecule has 148 valence electrons. The summed E-state index contributed by atoms with van der Waals surface area (Å²) in [7, 11) is 0. The number of likely N-dealkylation sites (tertiary alicyclic amines) is 1. The van der Waals surface area contributed by atoms with E-state index in [1.807, 2.05) is 42.5 Å². The number of nitrogens with zero attached hydrogens (tertiary/aromatic N) is 2. The molecule has 1 aromatic heterocycles. The molecule has 0 unspecified atom stereocenters. The summed E-state index contributed by atoms with van der Waals surface area (Å²) >= 11 is 5.97. The van der Waals surface area contributed by atoms with Gasteiger partial charge in [0, 0.05) is 28.6 Å². The number of carbonyl (C=O) groups excluding carboxylic acids is 1. The van der Waals surface area contributed by atoms with Crippen LogP contribution < -0.4 is 0 Å². The number of hydrogen-bond donors (Lipinski definition) is 0. The van der Waals surface area contributed by atoms with E-state index in [9.17, 15) is 9.18 Å². The standard InChI is InChI=1S/C24H22ClFN2O/c25-20-8-4-17(5-9-20)23-3-1-2-22(27-23)16-28-14-12-19(13-15-28)24(29)18-6-10-21(26)11-7-18/h1-11,19H,12-16H2. The average Bonchev–Trinajstić information content (AvgIpc) is 2.75. The van der Waals surface area contributed by atoms with Crippen LogP contribution in [-0.4, -0.2) is 28.8 Å². The van der Waals surface area contributed by atoms with Gasteiger partial charge < -0.3 is 0 Å². The number of benzene rings is 2. The number of carbonyl (C=O) groups is 1. The molecule has 3 aromatic rings. The first-order chi connectivity index (χ1) is 14.1. The molecular formula is C24H22ClFN2O. The lowest BCUT2D eigenvalue weighted by Crippen LogP contribution is -2.36. The molecule has 0 amide bonds. The Labute approximate surface area is 175 Å². The van der Waals surface area contributed by atoms with Crippen molar-refractivity contribution >= 4 is 17.4 Å². The molecule has 0 spiro atoms. The van der Waals surface area contributed by atoms with E-state index in [2.05, 4.69) is 4.90 Å². The van der Waals surface area contributed by atoms with Crippen LogP contribution in [0, 0.1) is 11.7 Å². The lowest BCUT2D eigenvalue weighted by molar-refractivity contribution is 0.0834. The second-order valence-electron chi connectivity index (χ2n) is 7.44. The molecule has 4 rings (SSSR count). The van der Waals surface area contributed by atoms with Gasteiger partial charge in [-0.05, 0) is 74.5 Å². The summed E-state index contributed by atoms with van der Waals surface area (Å²) in [6, 6.07) is 19.6. The van der Waals surface area contributed by atoms with Crippen molar-refractivity contribution in [2.45, 2.75) is 19.4 Å². The first-order valence-corrected chi connectivity index (χ1v) is 10.2. The molecule has 0 bridgehead atoms. The SMILES string of the molecule is O=C(c1ccc(F)cc1)C1CCN(Cc2cccc(-c3ccc(Cl)cc3)n2)CC1. The molecule has 2 aromatic carbocycles. The minimum Gasteiger partial charge on any atom is -0.297 e. The Hall–Kier alpha value is -2.56. The monoisotopic (exact) mass is 408 g/mol. The van der Waals surface area contributed by atoms with E-state index in [-0.39, 0.29) is 17.5 Å². The highest BCUT2D eigenvalue weighted by Gasteiger charge is 2.26. The van der Waals surface area contributed by atoms with Crippen molar-refractivity contribution in [2.24, 2.45) is 5.92 Å². The van der Waals surface area contributed by atoms with E-state index in [0.717, 1.165) is 49.4 Å². The highest BCUT2D eigenvalue weighted by Crippen LogP contribution is 2.24. The summed E-state index contributed by atoms with van der Waals surface area (Å²) in [5.74, 6) is -0.192. The lowest BCUT2D eigenvalue weighted by Gasteiger charge is -2.31. The molecule has 1 aliphatic rings. The molecule has 0 aliphatic carbocycles. The summed E-state index contributed by atoms with van der Waals surface area (Å²) in [4.78, 5) is 19.8. The number of halogens is 2. The third-order valence-corrected chi connectivity index (χ3v) is 5.67. The smallest absolute Gasteiger partial charge is 0.166 e. The van der Waals surface area contributed by atoms with E-state index >= 15 is 0 Å². The number of piperidine rings is 1. The molecule has 1 saturated heterocycles. The predicted octanol–water partition coefficient (Wildman–Crippen LogP) is 5.64. The summed E-state index contributed by atoms with van der Waals surface area (Å²) < 4.78 is 13.1. The Kier molecular flexibility index (Phi) is 6.02. The molecule has 29 heavy (non-hydrogen) atoms. The van der Waals surface area contributed by atoms with Crippen molar-refractivity contribution in [3.8, 4) is 11.3 Å². The fourth-order valence-electron chi connectivity index (χ4n) is 3.78. The van der Waals surface area contributed by atoms with Gasteiger partial charge >= 0.3 is 0 Å². The van der Waals surface area contributed by atoms with Gasteiger partial charge in [0.1, 0.15) is 5.82 Å². The topological polar surface area (TPSA) is 33.2 Å². The minimum atomic E-state index is -0.315. The number of ketones is 1. The molecule has 3 nitrogen and oxygen atoms in total. The van der Waals surface area contributed by atoms with E-state index in [4.69, 9.17) is 16.6 Å². The zero-order valence-electron chi connectivity index (χ0n) is 16.0. The van der Waals surface area contributed by atoms with Gasteiger partial charge in [0.2, 0.25) is 0 Å². The van der Waals surface area contributed by atoms with Crippen molar-refractivity contribution in [3.63, 3.8) is 0 Å². The summed E-state index contributed by atoms with van der Waals surface area (Å²) in [6.45, 7) is 2.47. The fourth-order valence-corrected chi connectivity index (χ4v) is 3.91. The number of hydrogen-bond acceptors (Lipinski definition) is 3. The lowest BCUT2D eigenvalue weighted by atomic mass is 9.89. The fraction of sp³-hybridized carbons (Fsp3) is 0.250. The average molecular weight is 409 g/mol. The maximum atomic E-state index is 13.1. The van der Waals surface area contributed by atoms with Gasteiger partial charge in [-0.3, -0.25) is 14.7 Å². The molecular weight excluding hydrogens is 387 g/mol. The first-order valence-electron chi connectivity index (χ1n) is 9.82. The Morgan fingerprint density at radius 1 is 1.00 bits per heavy atom. The Morgan fingerprint density at radius 3 is 2.38 bits per heavy atom. The molecule has 5 heteroatoms. The summed E-state index contributed by atoms with van der Waals surface area (Å²) in [5, 5.41) is 0.711. The van der Waals surface area contributed by atoms with E-state index in [1.54, 1.807) is 12.1 Å². The van der Waals surface area contributed by atoms with E-state index < -0.39 is 0 Å². The van der Waals surface area contributed by atoms with Crippen LogP contribution in [-0.2, 0) is 6.54 Å². The van der Waals surface area contributed by atoms with Crippen LogP contribution in [0.4, 0.5) is 4.39 Å². The minimum absolute atomic E-state index is 0.00470. The zero-order valence-corrected chi connectivity index (χ0v) is 16.8. The van der Waals surface area contributed by atoms with Crippen LogP contribution >= 0.6 is 11.6 Å². The van der Waals surface area contributed by atoms with Crippen molar-refractivity contribution in [1.82, 2.24) is 9.88 Å². The van der Waals surface area contributed by atoms with Crippen LogP contribution in [0.2, 0.25) is 5.02 Å². The van der Waals surface area contributed by atoms with Crippen LogP contribution in [0.25, 0.3) is 11.3 Å². The number of pyridine rings is 1. The normalized spacial score (nSPS) is 15.4. The molecule has 1 fully saturated rings. The molecule has 0 saturated carbocycles. The van der Waals surface area contributed by atoms with E-state index in [0.29, 0.717) is 10.6 Å². The van der Waals surface area contributed by atoms with Crippen molar-refractivity contribution in [3.05, 3.63) is 88.8 Å². The Morgan fingerprint density at radius 2 is 1.69 bits per heavy atom. The predicted molar refractivity (Wildman–Crippen MR) is 113 cm³/mol. The maximum Gasteiger partial charge on any atom is 0.166 e. The summed E-state index contributed by atoms with van der Waals surface area (Å²) in [5.41, 5.74) is 3.59. The van der Waals surface area contributed by atoms with Gasteiger partial charge in [-0.25, -0.2) is 4.39 Å². The molecule has 0 radical (unpaired) electrons. The zero-order chi connectivity index (χ0) is 20.2. The number of aromatic nitrogens is 1. The largest absolute Gasteiger partial charge is 0.297 e. The molecule has 2 heterocycles. The van der Waals surface area contributed by atoms with Crippen molar-refractivity contribution < 1.29 is 9.18 Å². The van der Waals surface area contributed by atoms with Gasteiger partial charge in [0.25, 0.3) is 0 Å². The second kappa shape index (κ2) is 8.85. The third-order valence-electron chi connectivity index (χ3n) is 5.42. The van der Waals surface area contributed by atoms with Crippen LogP contribution in [0.3, 0.4) is 0 Å². The van der Waals surface area contributed by atoms with Crippen LogP contribution in [0.1, 0.15) is 28.9 Å². The van der Waals surface area contributed by atoms with Gasteiger partial charge in [-0.1, -0.05) is 29.8 Å². The maximum absolute atomic E-state index is 13.1. The van der Waals surface area contributed by atoms with Crippen molar-refractivity contribution in [1.29, 1.82) is 0 Å². The van der Waals surface area contributed by atoms with Gasteiger partial charge in [0.05, 0.1) is 11.4 Å². The molecule has 0 atom stereocenters. The quantitative estimate of drug-likeness (QED) is 0.512. The summed E-state index contributed by atoms with van der Waals surface area (Å²) in [6.07, 6.45) is 1.63. The first kappa shape index (κ1) is 19.7. The highest BCUT2D eigenvalue weighted by atomic mass is 35.5. The highest BCUT2D eigenvalue weighted by molar-refractivity contribution is 6.30. The molecule has 0 N–H and O–H groups in total. The second-order valence-corrected chi connectivity index (χ2v) is 7.88. The van der Waals surface area contributed by atoms with Gasteiger partial charge in [0.15, 0.2) is 5.78 Å². The Balaban J connectivity index is 1.36. The van der Waals surface area contributed by atoms with Crippen molar-refractivity contribution in [2.75, 3.05) is 13.1 Å². The van der Waals surface area contributed by atoms with Gasteiger partial charge in [-0.2, -0.15) is 0 Å². The number of Topliss-reactive ketones (excluding diaryl/α,β-unsaturated/α-hetero) is 1. The Bertz CT molecular complexity index is 981. The molecule has 1 aliphatic heterocycles. The van der Waals surface area contributed by atoms with E-state index in [1.165, 1.54) is 12.1 Å². The van der Waals surface area contributed by atoms with Crippen LogP contribution in [0.15, 0.2) is 66.7 Å². The van der Waals surface area contributed by atoms with Crippen LogP contribution in [0.5, 0.6) is 0 Å². The van der Waals surface area contributed by atoms with Gasteiger partial charge in [-0.15, -0.1) is 0 Å². The third kappa shape index (κ3) is 4.89. The number of rotatable bonds is 5.